The minimum absolute atomic E-state index is 0.527. The van der Waals surface area contributed by atoms with E-state index in [-0.39, 0.29) is 0 Å². The first-order valence-electron chi connectivity index (χ1n) is 5.78. The van der Waals surface area contributed by atoms with E-state index >= 15 is 0 Å². The summed E-state index contributed by atoms with van der Waals surface area (Å²) in [6.07, 6.45) is 0.779. The molecule has 0 aliphatic heterocycles. The van der Waals surface area contributed by atoms with Crippen molar-refractivity contribution in [3.05, 3.63) is 54.1 Å². The van der Waals surface area contributed by atoms with Crippen molar-refractivity contribution < 1.29 is 14.3 Å². The number of rotatable bonds is 5. The van der Waals surface area contributed by atoms with Gasteiger partial charge < -0.3 is 9.47 Å². The van der Waals surface area contributed by atoms with Crippen molar-refractivity contribution in [1.82, 2.24) is 0 Å². The number of hydrogen-bond donors (Lipinski definition) is 0. The Hall–Kier alpha value is -2.29. The topological polar surface area (TPSA) is 35.5 Å². The first-order chi connectivity index (χ1) is 8.83. The molecule has 18 heavy (non-hydrogen) atoms. The second kappa shape index (κ2) is 5.87. The summed E-state index contributed by atoms with van der Waals surface area (Å²) in [5.74, 6) is 1.94. The smallest absolute Gasteiger partial charge is 0.153 e. The van der Waals surface area contributed by atoms with Crippen molar-refractivity contribution in [1.29, 1.82) is 0 Å². The van der Waals surface area contributed by atoms with Crippen molar-refractivity contribution in [2.75, 3.05) is 6.61 Å². The van der Waals surface area contributed by atoms with Gasteiger partial charge >= 0.3 is 0 Å². The molecule has 0 bridgehead atoms. The van der Waals surface area contributed by atoms with Gasteiger partial charge in [0.25, 0.3) is 0 Å². The highest BCUT2D eigenvalue weighted by molar-refractivity contribution is 5.79. The molecule has 0 saturated carbocycles. The Labute approximate surface area is 106 Å². The lowest BCUT2D eigenvalue weighted by atomic mass is 10.2. The number of carbonyl (C=O) groups is 1. The number of aldehydes is 1. The molecule has 3 heteroatoms. The lowest BCUT2D eigenvalue weighted by molar-refractivity contribution is 0.112. The number of para-hydroxylation sites is 1. The van der Waals surface area contributed by atoms with E-state index in [1.54, 1.807) is 24.3 Å². The summed E-state index contributed by atoms with van der Waals surface area (Å²) < 4.78 is 11.1. The normalized spacial score (nSPS) is 9.83. The van der Waals surface area contributed by atoms with Crippen LogP contribution >= 0.6 is 0 Å². The molecule has 0 unspecified atom stereocenters. The van der Waals surface area contributed by atoms with E-state index in [1.165, 1.54) is 0 Å². The summed E-state index contributed by atoms with van der Waals surface area (Å²) in [5, 5.41) is 0. The fourth-order valence-corrected chi connectivity index (χ4v) is 1.59. The predicted molar refractivity (Wildman–Crippen MR) is 69.5 cm³/mol. The van der Waals surface area contributed by atoms with Crippen molar-refractivity contribution in [2.45, 2.75) is 6.92 Å². The minimum Gasteiger partial charge on any atom is -0.494 e. The highest BCUT2D eigenvalue weighted by atomic mass is 16.5. The quantitative estimate of drug-likeness (QED) is 0.750. The standard InChI is InChI=1S/C15H14O3/c1-2-17-13-7-5-8-14(10-13)18-15-9-4-3-6-12(15)11-16/h3-11H,2H2,1H3. The second-order valence-electron chi connectivity index (χ2n) is 3.67. The fraction of sp³-hybridized carbons (Fsp3) is 0.133. The summed E-state index contributed by atoms with van der Waals surface area (Å²) in [7, 11) is 0. The van der Waals surface area contributed by atoms with Gasteiger partial charge in [-0.05, 0) is 31.2 Å². The minimum atomic E-state index is 0.527. The number of ether oxygens (including phenoxy) is 2. The molecule has 0 spiro atoms. The van der Waals surface area contributed by atoms with Gasteiger partial charge in [0.15, 0.2) is 6.29 Å². The Morgan fingerprint density at radius 2 is 1.83 bits per heavy atom. The van der Waals surface area contributed by atoms with Gasteiger partial charge in [-0.2, -0.15) is 0 Å². The van der Waals surface area contributed by atoms with Gasteiger partial charge in [-0.25, -0.2) is 0 Å². The van der Waals surface area contributed by atoms with Crippen LogP contribution in [-0.4, -0.2) is 12.9 Å². The summed E-state index contributed by atoms with van der Waals surface area (Å²) in [5.41, 5.74) is 0.527. The molecule has 0 saturated heterocycles. The van der Waals surface area contributed by atoms with E-state index in [0.29, 0.717) is 23.7 Å². The third-order valence-corrected chi connectivity index (χ3v) is 2.39. The second-order valence-corrected chi connectivity index (χ2v) is 3.67. The molecule has 0 heterocycles. The van der Waals surface area contributed by atoms with Crippen LogP contribution in [0.15, 0.2) is 48.5 Å². The van der Waals surface area contributed by atoms with Gasteiger partial charge in [0, 0.05) is 6.07 Å². The van der Waals surface area contributed by atoms with Crippen LogP contribution in [-0.2, 0) is 0 Å². The molecule has 0 aromatic heterocycles. The van der Waals surface area contributed by atoms with Gasteiger partial charge in [0.2, 0.25) is 0 Å². The highest BCUT2D eigenvalue weighted by Crippen LogP contribution is 2.27. The van der Waals surface area contributed by atoms with E-state index in [4.69, 9.17) is 9.47 Å². The SMILES string of the molecule is CCOc1cccc(Oc2ccccc2C=O)c1. The zero-order valence-electron chi connectivity index (χ0n) is 10.1. The Morgan fingerprint density at radius 1 is 1.06 bits per heavy atom. The Bertz CT molecular complexity index is 535. The van der Waals surface area contributed by atoms with Crippen LogP contribution in [0, 0.1) is 0 Å². The van der Waals surface area contributed by atoms with Crippen LogP contribution in [0.4, 0.5) is 0 Å². The lowest BCUT2D eigenvalue weighted by Crippen LogP contribution is -1.93. The molecule has 2 aromatic rings. The van der Waals surface area contributed by atoms with E-state index in [2.05, 4.69) is 0 Å². The van der Waals surface area contributed by atoms with Crippen molar-refractivity contribution in [3.63, 3.8) is 0 Å². The summed E-state index contributed by atoms with van der Waals surface area (Å²) in [4.78, 5) is 10.9. The maximum Gasteiger partial charge on any atom is 0.153 e. The molecule has 0 aliphatic carbocycles. The molecule has 0 atom stereocenters. The number of carbonyl (C=O) groups excluding carboxylic acids is 1. The third kappa shape index (κ3) is 2.88. The van der Waals surface area contributed by atoms with Crippen LogP contribution in [0.1, 0.15) is 17.3 Å². The molecule has 2 aromatic carbocycles. The molecule has 92 valence electrons. The van der Waals surface area contributed by atoms with Crippen LogP contribution in [0.2, 0.25) is 0 Å². The molecular weight excluding hydrogens is 228 g/mol. The molecule has 0 fully saturated rings. The van der Waals surface area contributed by atoms with Gasteiger partial charge in [-0.3, -0.25) is 4.79 Å². The molecule has 0 amide bonds. The maximum atomic E-state index is 10.9. The zero-order valence-corrected chi connectivity index (χ0v) is 10.1. The molecule has 3 nitrogen and oxygen atoms in total. The maximum absolute atomic E-state index is 10.9. The van der Waals surface area contributed by atoms with E-state index in [9.17, 15) is 4.79 Å². The lowest BCUT2D eigenvalue weighted by Gasteiger charge is -2.09. The van der Waals surface area contributed by atoms with Crippen molar-refractivity contribution in [3.8, 4) is 17.2 Å². The van der Waals surface area contributed by atoms with Crippen LogP contribution in [0.5, 0.6) is 17.2 Å². The largest absolute Gasteiger partial charge is 0.494 e. The van der Waals surface area contributed by atoms with Crippen molar-refractivity contribution >= 4 is 6.29 Å². The monoisotopic (exact) mass is 242 g/mol. The van der Waals surface area contributed by atoms with Crippen LogP contribution in [0.25, 0.3) is 0 Å². The summed E-state index contributed by atoms with van der Waals surface area (Å²) >= 11 is 0. The Balaban J connectivity index is 2.22. The van der Waals surface area contributed by atoms with Gasteiger partial charge in [0.05, 0.1) is 12.2 Å². The first-order valence-corrected chi connectivity index (χ1v) is 5.78. The van der Waals surface area contributed by atoms with Crippen LogP contribution < -0.4 is 9.47 Å². The molecular formula is C15H14O3. The predicted octanol–water partition coefficient (Wildman–Crippen LogP) is 3.69. The fourth-order valence-electron chi connectivity index (χ4n) is 1.59. The summed E-state index contributed by atoms with van der Waals surface area (Å²) in [6, 6.07) is 14.4. The average molecular weight is 242 g/mol. The van der Waals surface area contributed by atoms with E-state index in [0.717, 1.165) is 12.0 Å². The number of benzene rings is 2. The molecule has 0 aliphatic rings. The summed E-state index contributed by atoms with van der Waals surface area (Å²) in [6.45, 7) is 2.53. The third-order valence-electron chi connectivity index (χ3n) is 2.39. The van der Waals surface area contributed by atoms with Gasteiger partial charge in [0.1, 0.15) is 17.2 Å². The molecule has 0 N–H and O–H groups in total. The van der Waals surface area contributed by atoms with Gasteiger partial charge in [-0.1, -0.05) is 18.2 Å². The number of hydrogen-bond acceptors (Lipinski definition) is 3. The first kappa shape index (κ1) is 12.2. The average Bonchev–Trinajstić information content (AvgIpc) is 2.40. The molecule has 2 rings (SSSR count). The van der Waals surface area contributed by atoms with Crippen LogP contribution in [0.3, 0.4) is 0 Å². The Morgan fingerprint density at radius 3 is 2.61 bits per heavy atom. The van der Waals surface area contributed by atoms with Gasteiger partial charge in [-0.15, -0.1) is 0 Å². The molecule has 0 radical (unpaired) electrons. The van der Waals surface area contributed by atoms with Crippen molar-refractivity contribution in [2.24, 2.45) is 0 Å². The zero-order chi connectivity index (χ0) is 12.8. The Kier molecular flexibility index (Phi) is 3.97. The van der Waals surface area contributed by atoms with E-state index in [1.807, 2.05) is 31.2 Å². The highest BCUT2D eigenvalue weighted by Gasteiger charge is 2.04. The van der Waals surface area contributed by atoms with E-state index < -0.39 is 0 Å².